The molecule has 0 unspecified atom stereocenters. The highest BCUT2D eigenvalue weighted by Crippen LogP contribution is 2.22. The third-order valence-electron chi connectivity index (χ3n) is 2.68. The Hall–Kier alpha value is -1.19. The first-order chi connectivity index (χ1) is 9.44. The highest BCUT2D eigenvalue weighted by Gasteiger charge is 2.16. The zero-order valence-electron chi connectivity index (χ0n) is 10.6. The van der Waals surface area contributed by atoms with Gasteiger partial charge in [-0.1, -0.05) is 11.6 Å². The Morgan fingerprint density at radius 2 is 2.20 bits per heavy atom. The molecule has 0 amide bonds. The van der Waals surface area contributed by atoms with Crippen LogP contribution in [0.4, 0.5) is 5.82 Å². The Kier molecular flexibility index (Phi) is 4.61. The van der Waals surface area contributed by atoms with Gasteiger partial charge in [-0.15, -0.1) is 0 Å². The van der Waals surface area contributed by atoms with Crippen molar-refractivity contribution in [1.82, 2.24) is 9.71 Å². The number of halogens is 1. The number of nitrogens with one attached hydrogen (secondary N) is 2. The summed E-state index contributed by atoms with van der Waals surface area (Å²) in [5.74, 6) is 5.41. The van der Waals surface area contributed by atoms with Crippen molar-refractivity contribution in [3.8, 4) is 0 Å². The van der Waals surface area contributed by atoms with E-state index in [2.05, 4.69) is 15.1 Å². The minimum atomic E-state index is -3.66. The number of hydrogen-bond donors (Lipinski definition) is 3. The van der Waals surface area contributed by atoms with Crippen molar-refractivity contribution in [2.75, 3.05) is 5.43 Å². The Labute approximate surface area is 126 Å². The quantitative estimate of drug-likeness (QED) is 0.573. The predicted octanol–water partition coefficient (Wildman–Crippen LogP) is 1.87. The molecule has 0 radical (unpaired) electrons. The van der Waals surface area contributed by atoms with Crippen molar-refractivity contribution < 1.29 is 8.42 Å². The average molecular weight is 333 g/mol. The zero-order valence-corrected chi connectivity index (χ0v) is 12.9. The molecule has 0 atom stereocenters. The topological polar surface area (TPSA) is 97.1 Å². The number of hydrogen-bond acceptors (Lipinski definition) is 6. The summed E-state index contributed by atoms with van der Waals surface area (Å²) in [4.78, 5) is 3.84. The number of pyridine rings is 1. The van der Waals surface area contributed by atoms with Crippen molar-refractivity contribution in [3.63, 3.8) is 0 Å². The molecule has 0 saturated heterocycles. The van der Waals surface area contributed by atoms with E-state index in [4.69, 9.17) is 17.4 Å². The van der Waals surface area contributed by atoms with E-state index in [1.165, 1.54) is 23.6 Å². The Bertz CT molecular complexity index is 715. The fourth-order valence-corrected chi connectivity index (χ4v) is 3.62. The zero-order chi connectivity index (χ0) is 14.8. The molecule has 4 N–H and O–H groups in total. The van der Waals surface area contributed by atoms with Crippen LogP contribution in [0.1, 0.15) is 11.1 Å². The van der Waals surface area contributed by atoms with Gasteiger partial charge in [0.1, 0.15) is 4.90 Å². The average Bonchev–Trinajstić information content (AvgIpc) is 2.82. The van der Waals surface area contributed by atoms with Gasteiger partial charge < -0.3 is 5.43 Å². The summed E-state index contributed by atoms with van der Waals surface area (Å²) in [6, 6.07) is 1.30. The van der Waals surface area contributed by atoms with Gasteiger partial charge in [0.25, 0.3) is 0 Å². The number of thiophene rings is 1. The lowest BCUT2D eigenvalue weighted by atomic mass is 10.2. The molecule has 0 aliphatic carbocycles. The summed E-state index contributed by atoms with van der Waals surface area (Å²) in [6.07, 6.45) is 1.20. The lowest BCUT2D eigenvalue weighted by Crippen LogP contribution is -2.23. The molecule has 0 aromatic carbocycles. The maximum absolute atomic E-state index is 12.1. The molecule has 108 valence electrons. The van der Waals surface area contributed by atoms with Gasteiger partial charge in [0.15, 0.2) is 5.82 Å². The molecular formula is C11H13ClN4O2S2. The Morgan fingerprint density at radius 1 is 1.45 bits per heavy atom. The Morgan fingerprint density at radius 3 is 2.75 bits per heavy atom. The molecule has 0 saturated carbocycles. The summed E-state index contributed by atoms with van der Waals surface area (Å²) in [7, 11) is -3.66. The van der Waals surface area contributed by atoms with Gasteiger partial charge in [-0.3, -0.25) is 0 Å². The number of anilines is 1. The number of rotatable bonds is 5. The van der Waals surface area contributed by atoms with Crippen LogP contribution in [0, 0.1) is 6.92 Å². The van der Waals surface area contributed by atoms with Crippen LogP contribution in [-0.4, -0.2) is 13.4 Å². The normalized spacial score (nSPS) is 11.6. The van der Waals surface area contributed by atoms with E-state index in [0.29, 0.717) is 0 Å². The number of sulfonamides is 1. The van der Waals surface area contributed by atoms with Gasteiger partial charge >= 0.3 is 0 Å². The van der Waals surface area contributed by atoms with Crippen LogP contribution < -0.4 is 16.0 Å². The number of hydrazine groups is 1. The van der Waals surface area contributed by atoms with Gasteiger partial charge in [0.05, 0.1) is 5.02 Å². The second kappa shape index (κ2) is 6.06. The molecule has 0 fully saturated rings. The molecular weight excluding hydrogens is 320 g/mol. The molecule has 9 heteroatoms. The van der Waals surface area contributed by atoms with E-state index in [0.717, 1.165) is 11.1 Å². The molecule has 2 rings (SSSR count). The lowest BCUT2D eigenvalue weighted by molar-refractivity contribution is 0.581. The van der Waals surface area contributed by atoms with Crippen LogP contribution in [0.15, 0.2) is 27.9 Å². The van der Waals surface area contributed by atoms with Gasteiger partial charge in [-0.05, 0) is 34.9 Å². The summed E-state index contributed by atoms with van der Waals surface area (Å²) in [5.41, 5.74) is 4.27. The summed E-state index contributed by atoms with van der Waals surface area (Å²) >= 11 is 7.39. The second-order valence-corrected chi connectivity index (χ2v) is 6.97. The second-order valence-electron chi connectivity index (χ2n) is 4.05. The van der Waals surface area contributed by atoms with E-state index in [1.807, 2.05) is 17.7 Å². The summed E-state index contributed by atoms with van der Waals surface area (Å²) in [6.45, 7) is 2.16. The largest absolute Gasteiger partial charge is 0.307 e. The van der Waals surface area contributed by atoms with Crippen molar-refractivity contribution in [3.05, 3.63) is 39.2 Å². The molecule has 0 aliphatic rings. The van der Waals surface area contributed by atoms with E-state index >= 15 is 0 Å². The fraction of sp³-hybridized carbons (Fsp3) is 0.182. The molecule has 2 heterocycles. The van der Waals surface area contributed by atoms with Crippen molar-refractivity contribution in [2.45, 2.75) is 18.4 Å². The number of nitrogen functional groups attached to an aromatic ring is 1. The molecule has 2 aromatic rings. The SMILES string of the molecule is Cc1cscc1CNS(=O)(=O)c1cnc(NN)c(Cl)c1. The highest BCUT2D eigenvalue weighted by atomic mass is 35.5. The molecule has 20 heavy (non-hydrogen) atoms. The molecule has 0 aliphatic heterocycles. The van der Waals surface area contributed by atoms with Gasteiger partial charge in [0, 0.05) is 12.7 Å². The summed E-state index contributed by atoms with van der Waals surface area (Å²) < 4.78 is 26.8. The van der Waals surface area contributed by atoms with Crippen LogP contribution in [0.2, 0.25) is 5.02 Å². The Balaban J connectivity index is 2.18. The molecule has 0 spiro atoms. The van der Waals surface area contributed by atoms with Crippen LogP contribution in [0.5, 0.6) is 0 Å². The molecule has 2 aromatic heterocycles. The van der Waals surface area contributed by atoms with Crippen LogP contribution in [0.25, 0.3) is 0 Å². The number of aromatic nitrogens is 1. The van der Waals surface area contributed by atoms with Crippen molar-refractivity contribution >= 4 is 38.8 Å². The first-order valence-electron chi connectivity index (χ1n) is 5.57. The fourth-order valence-electron chi connectivity index (χ4n) is 1.50. The first kappa shape index (κ1) is 15.2. The van der Waals surface area contributed by atoms with Gasteiger partial charge in [-0.2, -0.15) is 11.3 Å². The first-order valence-corrected chi connectivity index (χ1v) is 8.38. The third kappa shape index (κ3) is 3.28. The van der Waals surface area contributed by atoms with E-state index < -0.39 is 10.0 Å². The van der Waals surface area contributed by atoms with Crippen molar-refractivity contribution in [2.24, 2.45) is 5.84 Å². The minimum absolute atomic E-state index is 0.00520. The maximum Gasteiger partial charge on any atom is 0.242 e. The van der Waals surface area contributed by atoms with Gasteiger partial charge in [-0.25, -0.2) is 24.0 Å². The highest BCUT2D eigenvalue weighted by molar-refractivity contribution is 7.89. The lowest BCUT2D eigenvalue weighted by Gasteiger charge is -2.08. The smallest absolute Gasteiger partial charge is 0.242 e. The number of nitrogens with two attached hydrogens (primary N) is 1. The van der Waals surface area contributed by atoms with Crippen LogP contribution >= 0.6 is 22.9 Å². The third-order valence-corrected chi connectivity index (χ3v) is 5.24. The molecule has 0 bridgehead atoms. The van der Waals surface area contributed by atoms with E-state index in [1.54, 1.807) is 0 Å². The molecule has 6 nitrogen and oxygen atoms in total. The maximum atomic E-state index is 12.1. The monoisotopic (exact) mass is 332 g/mol. The van der Waals surface area contributed by atoms with Crippen LogP contribution in [-0.2, 0) is 16.6 Å². The number of nitrogens with zero attached hydrogens (tertiary/aromatic N) is 1. The predicted molar refractivity (Wildman–Crippen MR) is 80.1 cm³/mol. The minimum Gasteiger partial charge on any atom is -0.307 e. The standard InChI is InChI=1S/C11H13ClN4O2S2/c1-7-5-19-6-8(7)3-15-20(17,18)9-2-10(12)11(16-13)14-4-9/h2,4-6,15H,3,13H2,1H3,(H,14,16). The van der Waals surface area contributed by atoms with Gasteiger partial charge in [0.2, 0.25) is 10.0 Å². The van der Waals surface area contributed by atoms with E-state index in [9.17, 15) is 8.42 Å². The van der Waals surface area contributed by atoms with Crippen molar-refractivity contribution in [1.29, 1.82) is 0 Å². The number of aryl methyl sites for hydroxylation is 1. The van der Waals surface area contributed by atoms with E-state index in [-0.39, 0.29) is 22.3 Å². The van der Waals surface area contributed by atoms with Crippen LogP contribution in [0.3, 0.4) is 0 Å². The summed E-state index contributed by atoms with van der Waals surface area (Å²) in [5, 5.41) is 4.01.